The molecule has 12 nitrogen and oxygen atoms in total. The van der Waals surface area contributed by atoms with Crippen LogP contribution in [0.2, 0.25) is 0 Å². The number of nitrogens with one attached hydrogen (secondary N) is 2. The molecule has 0 bridgehead atoms. The van der Waals surface area contributed by atoms with E-state index in [9.17, 15) is 18.8 Å². The summed E-state index contributed by atoms with van der Waals surface area (Å²) in [5, 5.41) is 4.68. The molecule has 0 saturated carbocycles. The third kappa shape index (κ3) is 5.05. The van der Waals surface area contributed by atoms with Crippen molar-refractivity contribution in [3.63, 3.8) is 0 Å². The molecule has 1 aromatic carbocycles. The Bertz CT molecular complexity index is 1430. The first-order chi connectivity index (χ1) is 19.3. The molecule has 0 aliphatic carbocycles. The van der Waals surface area contributed by atoms with Crippen molar-refractivity contribution in [2.75, 3.05) is 45.9 Å². The van der Waals surface area contributed by atoms with E-state index < -0.39 is 29.6 Å². The lowest BCUT2D eigenvalue weighted by molar-refractivity contribution is -0.216. The van der Waals surface area contributed by atoms with Crippen LogP contribution in [-0.4, -0.2) is 75.0 Å². The summed E-state index contributed by atoms with van der Waals surface area (Å²) in [5.74, 6) is -0.846. The van der Waals surface area contributed by atoms with E-state index in [1.54, 1.807) is 32.4 Å². The Morgan fingerprint density at radius 3 is 2.62 bits per heavy atom. The highest BCUT2D eigenvalue weighted by atomic mass is 19.1. The predicted octanol–water partition coefficient (Wildman–Crippen LogP) is 2.72. The van der Waals surface area contributed by atoms with Gasteiger partial charge in [0.25, 0.3) is 5.91 Å². The van der Waals surface area contributed by atoms with Crippen LogP contribution in [0.25, 0.3) is 11.1 Å². The maximum absolute atomic E-state index is 14.8. The van der Waals surface area contributed by atoms with E-state index in [4.69, 9.17) is 23.6 Å². The van der Waals surface area contributed by atoms with Crippen LogP contribution in [0, 0.1) is 5.82 Å². The number of imide groups is 1. The number of furan rings is 1. The van der Waals surface area contributed by atoms with Crippen molar-refractivity contribution >= 4 is 35.3 Å². The Labute approximate surface area is 229 Å². The van der Waals surface area contributed by atoms with E-state index in [0.717, 1.165) is 5.82 Å². The molecule has 0 radical (unpaired) electrons. The number of carbonyl (C=O) groups is 3. The van der Waals surface area contributed by atoms with Crippen molar-refractivity contribution in [2.45, 2.75) is 31.2 Å². The lowest BCUT2D eigenvalue weighted by Crippen LogP contribution is -2.47. The molecule has 5 rings (SSSR count). The minimum absolute atomic E-state index is 0.0306. The molecule has 1 fully saturated rings. The largest absolute Gasteiger partial charge is 0.494 e. The summed E-state index contributed by atoms with van der Waals surface area (Å²) in [6.07, 6.45) is 1.59. The molecule has 2 N–H and O–H groups in total. The molecule has 4 amide bonds. The van der Waals surface area contributed by atoms with Crippen molar-refractivity contribution in [1.82, 2.24) is 20.5 Å². The molecule has 212 valence electrons. The maximum Gasteiger partial charge on any atom is 0.321 e. The molecule has 40 heavy (non-hydrogen) atoms. The molecule has 13 heteroatoms. The minimum Gasteiger partial charge on any atom is -0.494 e. The van der Waals surface area contributed by atoms with Crippen molar-refractivity contribution in [3.8, 4) is 5.75 Å². The van der Waals surface area contributed by atoms with E-state index in [0.29, 0.717) is 48.4 Å². The number of urea groups is 1. The molecule has 1 atom stereocenters. The van der Waals surface area contributed by atoms with Gasteiger partial charge in [-0.15, -0.1) is 0 Å². The Kier molecular flexibility index (Phi) is 7.59. The van der Waals surface area contributed by atoms with Crippen LogP contribution < -0.4 is 20.3 Å². The van der Waals surface area contributed by atoms with E-state index in [2.05, 4.69) is 10.2 Å². The molecule has 0 spiro atoms. The molecule has 2 aliphatic rings. The highest BCUT2D eigenvalue weighted by molar-refractivity contribution is 5.99. The number of aromatic nitrogens is 1. The molecule has 3 aromatic rings. The molecular weight excluding hydrogens is 525 g/mol. The summed E-state index contributed by atoms with van der Waals surface area (Å²) in [5.41, 5.74) is 1.46. The number of anilines is 1. The fourth-order valence-corrected chi connectivity index (χ4v) is 5.23. The third-order valence-corrected chi connectivity index (χ3v) is 7.49. The average Bonchev–Trinajstić information content (AvgIpc) is 3.53. The summed E-state index contributed by atoms with van der Waals surface area (Å²) < 4.78 is 37.0. The number of rotatable bonds is 9. The standard InChI is InChI=1S/C27H30FN5O7/c1-37-20-5-4-16-13-33(25(35)23(16)24(20)28)14-18(31-26(36)29-15-34)21-12-17-19(40-21)6-7-22(30-17)32-10-8-27(38-2,39-3)9-11-32/h4-7,12,15,18H,8-11,13-14H2,1-3H3,(H2,29,31,34,36)/t18-/m0/s1. The van der Waals surface area contributed by atoms with Crippen molar-refractivity contribution in [3.05, 3.63) is 53.0 Å². The van der Waals surface area contributed by atoms with Gasteiger partial charge in [-0.1, -0.05) is 6.07 Å². The smallest absolute Gasteiger partial charge is 0.321 e. The summed E-state index contributed by atoms with van der Waals surface area (Å²) >= 11 is 0. The third-order valence-electron chi connectivity index (χ3n) is 7.49. The molecule has 2 aromatic heterocycles. The first kappa shape index (κ1) is 27.3. The van der Waals surface area contributed by atoms with Crippen LogP contribution in [0.15, 0.2) is 34.7 Å². The van der Waals surface area contributed by atoms with Crippen LogP contribution in [0.3, 0.4) is 0 Å². The second kappa shape index (κ2) is 11.1. The van der Waals surface area contributed by atoms with Gasteiger partial charge in [0, 0.05) is 59.3 Å². The number of pyridine rings is 1. The lowest BCUT2D eigenvalue weighted by Gasteiger charge is -2.40. The zero-order chi connectivity index (χ0) is 28.4. The molecule has 2 aliphatic heterocycles. The topological polar surface area (TPSA) is 135 Å². The van der Waals surface area contributed by atoms with Gasteiger partial charge < -0.3 is 33.7 Å². The van der Waals surface area contributed by atoms with Crippen LogP contribution in [0.4, 0.5) is 15.0 Å². The second-order valence-corrected chi connectivity index (χ2v) is 9.60. The summed E-state index contributed by atoms with van der Waals surface area (Å²) in [4.78, 5) is 44.5. The zero-order valence-corrected chi connectivity index (χ0v) is 22.4. The fourth-order valence-electron chi connectivity index (χ4n) is 5.23. The average molecular weight is 556 g/mol. The van der Waals surface area contributed by atoms with Gasteiger partial charge in [-0.3, -0.25) is 14.9 Å². The second-order valence-electron chi connectivity index (χ2n) is 9.60. The van der Waals surface area contributed by atoms with Gasteiger partial charge in [0.05, 0.1) is 12.7 Å². The monoisotopic (exact) mass is 555 g/mol. The number of halogens is 1. The lowest BCUT2D eigenvalue weighted by atomic mass is 10.0. The first-order valence-corrected chi connectivity index (χ1v) is 12.7. The Balaban J connectivity index is 1.39. The van der Waals surface area contributed by atoms with Gasteiger partial charge in [-0.05, 0) is 23.8 Å². The SMILES string of the molecule is COc1ccc2c(c1F)C(=O)N(C[C@H](NC(=O)NC=O)c1cc3nc(N4CCC(OC)(OC)CC4)ccc3o1)C2. The number of hydrogen-bond donors (Lipinski definition) is 2. The molecule has 1 saturated heterocycles. The number of carbonyl (C=O) groups excluding carboxylic acids is 3. The number of amides is 4. The Morgan fingerprint density at radius 1 is 1.20 bits per heavy atom. The Hall–Kier alpha value is -4.23. The maximum atomic E-state index is 14.8. The highest BCUT2D eigenvalue weighted by Gasteiger charge is 2.36. The zero-order valence-electron chi connectivity index (χ0n) is 22.4. The predicted molar refractivity (Wildman–Crippen MR) is 140 cm³/mol. The number of hydrogen-bond acceptors (Lipinski definition) is 9. The van der Waals surface area contributed by atoms with Crippen LogP contribution in [-0.2, 0) is 20.8 Å². The van der Waals surface area contributed by atoms with Gasteiger partial charge in [0.15, 0.2) is 22.9 Å². The van der Waals surface area contributed by atoms with Gasteiger partial charge >= 0.3 is 6.03 Å². The Morgan fingerprint density at radius 2 is 1.95 bits per heavy atom. The molecule has 0 unspecified atom stereocenters. The summed E-state index contributed by atoms with van der Waals surface area (Å²) in [7, 11) is 4.60. The summed E-state index contributed by atoms with van der Waals surface area (Å²) in [6.45, 7) is 1.45. The van der Waals surface area contributed by atoms with Gasteiger partial charge in [-0.2, -0.15) is 0 Å². The van der Waals surface area contributed by atoms with Crippen molar-refractivity contribution in [2.24, 2.45) is 0 Å². The van der Waals surface area contributed by atoms with Crippen molar-refractivity contribution in [1.29, 1.82) is 0 Å². The van der Waals surface area contributed by atoms with Gasteiger partial charge in [0.1, 0.15) is 23.1 Å². The normalized spacial score (nSPS) is 17.1. The number of methoxy groups -OCH3 is 3. The minimum atomic E-state index is -0.861. The summed E-state index contributed by atoms with van der Waals surface area (Å²) in [6, 6.07) is 6.78. The number of piperidine rings is 1. The number of ether oxygens (including phenoxy) is 3. The van der Waals surface area contributed by atoms with E-state index in [1.165, 1.54) is 18.1 Å². The molecular formula is C27H30FN5O7. The van der Waals surface area contributed by atoms with Crippen LogP contribution >= 0.6 is 0 Å². The van der Waals surface area contributed by atoms with Crippen LogP contribution in [0.1, 0.15) is 40.6 Å². The fraction of sp³-hybridized carbons (Fsp3) is 0.407. The van der Waals surface area contributed by atoms with E-state index >= 15 is 0 Å². The van der Waals surface area contributed by atoms with Crippen LogP contribution in [0.5, 0.6) is 5.75 Å². The van der Waals surface area contributed by atoms with E-state index in [-0.39, 0.29) is 30.8 Å². The van der Waals surface area contributed by atoms with E-state index in [1.807, 2.05) is 11.4 Å². The van der Waals surface area contributed by atoms with Crippen molar-refractivity contribution < 1.29 is 37.4 Å². The number of fused-ring (bicyclic) bond motifs is 2. The quantitative estimate of drug-likeness (QED) is 0.302. The van der Waals surface area contributed by atoms with Gasteiger partial charge in [0.2, 0.25) is 6.41 Å². The molecule has 4 heterocycles. The van der Waals surface area contributed by atoms with Gasteiger partial charge in [-0.25, -0.2) is 14.2 Å². The first-order valence-electron chi connectivity index (χ1n) is 12.7. The number of nitrogens with zero attached hydrogens (tertiary/aromatic N) is 3. The highest BCUT2D eigenvalue weighted by Crippen LogP contribution is 2.34. The number of benzene rings is 1.